The van der Waals surface area contributed by atoms with E-state index in [9.17, 15) is 5.26 Å². The van der Waals surface area contributed by atoms with Crippen molar-refractivity contribution in [3.63, 3.8) is 0 Å². The molecule has 1 aromatic carbocycles. The normalized spacial score (nSPS) is 24.7. The highest BCUT2D eigenvalue weighted by Crippen LogP contribution is 2.37. The van der Waals surface area contributed by atoms with Crippen molar-refractivity contribution < 1.29 is 0 Å². The van der Waals surface area contributed by atoms with Gasteiger partial charge in [0, 0.05) is 19.3 Å². The second-order valence-electron chi connectivity index (χ2n) is 6.14. The van der Waals surface area contributed by atoms with Gasteiger partial charge < -0.3 is 4.90 Å². The second kappa shape index (κ2) is 7.47. The van der Waals surface area contributed by atoms with E-state index in [2.05, 4.69) is 54.5 Å². The van der Waals surface area contributed by atoms with E-state index in [1.165, 1.54) is 18.5 Å². The average molecular weight is 285 g/mol. The van der Waals surface area contributed by atoms with Gasteiger partial charge in [-0.25, -0.2) is 0 Å². The lowest BCUT2D eigenvalue weighted by atomic mass is 9.85. The van der Waals surface area contributed by atoms with E-state index < -0.39 is 0 Å². The smallest absolute Gasteiger partial charge is 0.109 e. The maximum atomic E-state index is 9.67. The Kier molecular flexibility index (Phi) is 5.64. The molecule has 0 amide bonds. The molecular formula is C18H27N3. The summed E-state index contributed by atoms with van der Waals surface area (Å²) in [4.78, 5) is 2.29. The van der Waals surface area contributed by atoms with Crippen LogP contribution < -0.4 is 10.2 Å². The van der Waals surface area contributed by atoms with Crippen LogP contribution in [0.2, 0.25) is 0 Å². The fraction of sp³-hybridized carbons (Fsp3) is 0.611. The van der Waals surface area contributed by atoms with Crippen LogP contribution in [0.15, 0.2) is 30.3 Å². The van der Waals surface area contributed by atoms with E-state index in [-0.39, 0.29) is 5.54 Å². The van der Waals surface area contributed by atoms with Gasteiger partial charge in [-0.05, 0) is 50.3 Å². The molecule has 1 N–H and O–H groups in total. The molecule has 1 aliphatic rings. The van der Waals surface area contributed by atoms with Gasteiger partial charge in [0.15, 0.2) is 0 Å². The van der Waals surface area contributed by atoms with Crippen molar-refractivity contribution >= 4 is 5.69 Å². The van der Waals surface area contributed by atoms with Crippen LogP contribution in [0.5, 0.6) is 0 Å². The molecule has 1 fully saturated rings. The van der Waals surface area contributed by atoms with E-state index in [4.69, 9.17) is 0 Å². The van der Waals surface area contributed by atoms with Gasteiger partial charge in [0.1, 0.15) is 5.54 Å². The monoisotopic (exact) mass is 285 g/mol. The van der Waals surface area contributed by atoms with Crippen molar-refractivity contribution in [1.82, 2.24) is 5.32 Å². The zero-order valence-corrected chi connectivity index (χ0v) is 13.3. The summed E-state index contributed by atoms with van der Waals surface area (Å²) in [5.41, 5.74) is 0.965. The summed E-state index contributed by atoms with van der Waals surface area (Å²) in [6.07, 6.45) is 5.51. The molecule has 1 aromatic rings. The Bertz CT molecular complexity index is 465. The van der Waals surface area contributed by atoms with Crippen LogP contribution in [0.3, 0.4) is 0 Å². The third-order valence-electron chi connectivity index (χ3n) is 4.72. The van der Waals surface area contributed by atoms with E-state index in [0.717, 1.165) is 32.4 Å². The maximum Gasteiger partial charge on any atom is 0.109 e. The first-order chi connectivity index (χ1) is 10.2. The summed E-state index contributed by atoms with van der Waals surface area (Å²) in [6, 6.07) is 13.1. The Labute approximate surface area is 129 Å². The summed E-state index contributed by atoms with van der Waals surface area (Å²) in [5, 5.41) is 13.2. The van der Waals surface area contributed by atoms with E-state index >= 15 is 0 Å². The molecule has 0 radical (unpaired) electrons. The summed E-state index contributed by atoms with van der Waals surface area (Å²) in [6.45, 7) is 4.11. The zero-order valence-electron chi connectivity index (χ0n) is 13.3. The number of nitrogens with zero attached hydrogens (tertiary/aromatic N) is 2. The van der Waals surface area contributed by atoms with Gasteiger partial charge in [-0.3, -0.25) is 5.32 Å². The molecule has 2 rings (SSSR count). The molecule has 0 heterocycles. The molecule has 0 bridgehead atoms. The van der Waals surface area contributed by atoms with Crippen molar-refractivity contribution in [3.05, 3.63) is 30.3 Å². The zero-order chi connectivity index (χ0) is 15.1. The quantitative estimate of drug-likeness (QED) is 0.832. The van der Waals surface area contributed by atoms with E-state index in [0.29, 0.717) is 5.92 Å². The van der Waals surface area contributed by atoms with Crippen molar-refractivity contribution in [3.8, 4) is 6.07 Å². The maximum absolute atomic E-state index is 9.67. The number of benzene rings is 1. The first-order valence-corrected chi connectivity index (χ1v) is 8.14. The number of nitrogens with one attached hydrogen (secondary N) is 1. The largest absolute Gasteiger partial charge is 0.375 e. The number of rotatable bonds is 7. The Morgan fingerprint density at radius 1 is 1.38 bits per heavy atom. The van der Waals surface area contributed by atoms with Gasteiger partial charge in [-0.2, -0.15) is 5.26 Å². The molecule has 0 spiro atoms. The highest BCUT2D eigenvalue weighted by molar-refractivity contribution is 5.44. The first kappa shape index (κ1) is 15.9. The highest BCUT2D eigenvalue weighted by atomic mass is 15.1. The highest BCUT2D eigenvalue weighted by Gasteiger charge is 2.42. The van der Waals surface area contributed by atoms with Gasteiger partial charge >= 0.3 is 0 Å². The topological polar surface area (TPSA) is 39.1 Å². The Morgan fingerprint density at radius 3 is 2.81 bits per heavy atom. The summed E-state index contributed by atoms with van der Waals surface area (Å²) >= 11 is 0. The number of anilines is 1. The van der Waals surface area contributed by atoms with Crippen LogP contribution in [-0.2, 0) is 0 Å². The Balaban J connectivity index is 1.94. The van der Waals surface area contributed by atoms with Gasteiger partial charge in [-0.1, -0.05) is 31.5 Å². The molecular weight excluding hydrogens is 258 g/mol. The summed E-state index contributed by atoms with van der Waals surface area (Å²) in [5.74, 6) is 0.472. The van der Waals surface area contributed by atoms with Gasteiger partial charge in [0.05, 0.1) is 6.07 Å². The minimum atomic E-state index is -0.284. The van der Waals surface area contributed by atoms with Crippen molar-refractivity contribution in [2.24, 2.45) is 5.92 Å². The number of para-hydroxylation sites is 1. The van der Waals surface area contributed by atoms with E-state index in [1.807, 2.05) is 6.07 Å². The van der Waals surface area contributed by atoms with E-state index in [1.54, 1.807) is 0 Å². The molecule has 1 saturated carbocycles. The fourth-order valence-corrected chi connectivity index (χ4v) is 3.40. The molecule has 2 atom stereocenters. The first-order valence-electron chi connectivity index (χ1n) is 8.14. The van der Waals surface area contributed by atoms with Crippen LogP contribution in [0.25, 0.3) is 0 Å². The van der Waals surface area contributed by atoms with Crippen LogP contribution in [-0.4, -0.2) is 25.7 Å². The molecule has 1 aliphatic carbocycles. The second-order valence-corrected chi connectivity index (χ2v) is 6.14. The molecule has 0 aliphatic heterocycles. The third kappa shape index (κ3) is 3.77. The SMILES string of the molecule is CCCNC1(C#N)CCCC1CCN(C)c1ccccc1. The molecule has 114 valence electrons. The molecule has 0 saturated heterocycles. The lowest BCUT2D eigenvalue weighted by molar-refractivity contribution is 0.304. The predicted octanol–water partition coefficient (Wildman–Crippen LogP) is 3.57. The van der Waals surface area contributed by atoms with Crippen LogP contribution in [0, 0.1) is 17.2 Å². The number of nitriles is 1. The minimum Gasteiger partial charge on any atom is -0.375 e. The number of hydrogen-bond donors (Lipinski definition) is 1. The third-order valence-corrected chi connectivity index (χ3v) is 4.72. The van der Waals surface area contributed by atoms with Crippen molar-refractivity contribution in [2.75, 3.05) is 25.0 Å². The summed E-state index contributed by atoms with van der Waals surface area (Å²) in [7, 11) is 2.14. The molecule has 21 heavy (non-hydrogen) atoms. The van der Waals surface area contributed by atoms with Gasteiger partial charge in [0.2, 0.25) is 0 Å². The predicted molar refractivity (Wildman–Crippen MR) is 88.3 cm³/mol. The summed E-state index contributed by atoms with van der Waals surface area (Å²) < 4.78 is 0. The lowest BCUT2D eigenvalue weighted by Crippen LogP contribution is -2.48. The van der Waals surface area contributed by atoms with Crippen molar-refractivity contribution in [1.29, 1.82) is 5.26 Å². The average Bonchev–Trinajstić information content (AvgIpc) is 2.94. The molecule has 3 heteroatoms. The van der Waals surface area contributed by atoms with Gasteiger partial charge in [0.25, 0.3) is 0 Å². The molecule has 2 unspecified atom stereocenters. The minimum absolute atomic E-state index is 0.284. The Morgan fingerprint density at radius 2 is 2.14 bits per heavy atom. The van der Waals surface area contributed by atoms with Crippen molar-refractivity contribution in [2.45, 2.75) is 44.6 Å². The standard InChI is InChI=1S/C18H27N3/c1-3-13-20-18(15-19)12-7-8-16(18)11-14-21(2)17-9-5-4-6-10-17/h4-6,9-10,16,20H,3,7-8,11-14H2,1-2H3. The Hall–Kier alpha value is -1.53. The number of hydrogen-bond acceptors (Lipinski definition) is 3. The molecule has 3 nitrogen and oxygen atoms in total. The van der Waals surface area contributed by atoms with Crippen LogP contribution in [0.4, 0.5) is 5.69 Å². The fourth-order valence-electron chi connectivity index (χ4n) is 3.40. The molecule has 0 aromatic heterocycles. The van der Waals surface area contributed by atoms with Gasteiger partial charge in [-0.15, -0.1) is 0 Å². The van der Waals surface area contributed by atoms with Crippen LogP contribution in [0.1, 0.15) is 39.0 Å². The lowest BCUT2D eigenvalue weighted by Gasteiger charge is -2.31. The van der Waals surface area contributed by atoms with Crippen LogP contribution >= 0.6 is 0 Å².